The van der Waals surface area contributed by atoms with E-state index in [4.69, 9.17) is 11.6 Å². The molecule has 0 atom stereocenters. The van der Waals surface area contributed by atoms with Crippen molar-refractivity contribution in [1.82, 2.24) is 5.32 Å². The smallest absolute Gasteiger partial charge is 0.0426 e. The van der Waals surface area contributed by atoms with Crippen LogP contribution in [-0.2, 0) is 6.54 Å². The van der Waals surface area contributed by atoms with Crippen molar-refractivity contribution in [3.63, 3.8) is 0 Å². The molecule has 2 rings (SSSR count). The average molecular weight is 295 g/mol. The number of hydrogen-bond acceptors (Lipinski definition) is 2. The van der Waals surface area contributed by atoms with E-state index >= 15 is 0 Å². The molecule has 1 aromatic rings. The predicted molar refractivity (Wildman–Crippen MR) is 88.7 cm³/mol. The molecule has 1 saturated carbocycles. The lowest BCUT2D eigenvalue weighted by atomic mass is 9.85. The number of anilines is 1. The van der Waals surface area contributed by atoms with E-state index in [1.807, 2.05) is 6.07 Å². The van der Waals surface area contributed by atoms with Gasteiger partial charge in [-0.15, -0.1) is 0 Å². The molecule has 0 spiro atoms. The minimum Gasteiger partial charge on any atom is -0.374 e. The normalized spacial score (nSPS) is 16.1. The molecule has 0 radical (unpaired) electrons. The Morgan fingerprint density at radius 2 is 2.00 bits per heavy atom. The van der Waals surface area contributed by atoms with Crippen LogP contribution < -0.4 is 10.2 Å². The van der Waals surface area contributed by atoms with Gasteiger partial charge >= 0.3 is 0 Å². The first kappa shape index (κ1) is 15.7. The maximum Gasteiger partial charge on any atom is 0.0426 e. The van der Waals surface area contributed by atoms with E-state index < -0.39 is 0 Å². The average Bonchev–Trinajstić information content (AvgIpc) is 2.31. The van der Waals surface area contributed by atoms with E-state index in [0.717, 1.165) is 24.0 Å². The minimum atomic E-state index is 0.128. The maximum absolute atomic E-state index is 6.19. The van der Waals surface area contributed by atoms with Crippen molar-refractivity contribution >= 4 is 17.3 Å². The third kappa shape index (κ3) is 4.39. The summed E-state index contributed by atoms with van der Waals surface area (Å²) in [5.74, 6) is 0.863. The Bertz CT molecular complexity index is 447. The number of hydrogen-bond donors (Lipinski definition) is 1. The lowest BCUT2D eigenvalue weighted by Gasteiger charge is -2.33. The molecule has 20 heavy (non-hydrogen) atoms. The second kappa shape index (κ2) is 6.36. The first-order valence-electron chi connectivity index (χ1n) is 7.60. The van der Waals surface area contributed by atoms with Gasteiger partial charge in [0.25, 0.3) is 0 Å². The summed E-state index contributed by atoms with van der Waals surface area (Å²) in [5, 5.41) is 4.38. The van der Waals surface area contributed by atoms with Crippen LogP contribution in [0.25, 0.3) is 0 Å². The van der Waals surface area contributed by atoms with Gasteiger partial charge in [0, 0.05) is 36.4 Å². The predicted octanol–water partition coefficient (Wildman–Crippen LogP) is 4.46. The first-order valence-corrected chi connectivity index (χ1v) is 7.97. The summed E-state index contributed by atoms with van der Waals surface area (Å²) in [6.07, 6.45) is 4.15. The van der Waals surface area contributed by atoms with Crippen molar-refractivity contribution in [2.45, 2.75) is 52.1 Å². The highest BCUT2D eigenvalue weighted by Crippen LogP contribution is 2.30. The Labute approximate surface area is 128 Å². The van der Waals surface area contributed by atoms with Gasteiger partial charge in [-0.1, -0.05) is 24.1 Å². The van der Waals surface area contributed by atoms with Crippen molar-refractivity contribution in [3.05, 3.63) is 28.8 Å². The van der Waals surface area contributed by atoms with Crippen molar-refractivity contribution in [2.24, 2.45) is 5.92 Å². The highest BCUT2D eigenvalue weighted by molar-refractivity contribution is 6.30. The SMILES string of the molecule is CN(CC1CCC1)c1cc(Cl)ccc1CNC(C)(C)C. The molecule has 0 bridgehead atoms. The molecule has 3 heteroatoms. The van der Waals surface area contributed by atoms with Crippen LogP contribution in [0.5, 0.6) is 0 Å². The van der Waals surface area contributed by atoms with E-state index in [2.05, 4.69) is 50.2 Å². The summed E-state index contributed by atoms with van der Waals surface area (Å²) < 4.78 is 0. The van der Waals surface area contributed by atoms with Crippen molar-refractivity contribution in [2.75, 3.05) is 18.5 Å². The third-order valence-corrected chi connectivity index (χ3v) is 4.26. The molecule has 0 heterocycles. The summed E-state index contributed by atoms with van der Waals surface area (Å²) >= 11 is 6.19. The summed E-state index contributed by atoms with van der Waals surface area (Å²) in [5.41, 5.74) is 2.72. The van der Waals surface area contributed by atoms with Crippen molar-refractivity contribution < 1.29 is 0 Å². The van der Waals surface area contributed by atoms with E-state index in [9.17, 15) is 0 Å². The van der Waals surface area contributed by atoms with Crippen LogP contribution in [-0.4, -0.2) is 19.1 Å². The first-order chi connectivity index (χ1) is 9.35. The van der Waals surface area contributed by atoms with Gasteiger partial charge in [0.1, 0.15) is 0 Å². The lowest BCUT2D eigenvalue weighted by molar-refractivity contribution is 0.321. The Balaban J connectivity index is 2.09. The van der Waals surface area contributed by atoms with Crippen LogP contribution in [0.3, 0.4) is 0 Å². The largest absolute Gasteiger partial charge is 0.374 e. The number of nitrogens with zero attached hydrogens (tertiary/aromatic N) is 1. The van der Waals surface area contributed by atoms with Crippen LogP contribution in [0.1, 0.15) is 45.6 Å². The van der Waals surface area contributed by atoms with Gasteiger partial charge < -0.3 is 10.2 Å². The Morgan fingerprint density at radius 3 is 2.55 bits per heavy atom. The van der Waals surface area contributed by atoms with Crippen LogP contribution in [0.2, 0.25) is 5.02 Å². The standard InChI is InChI=1S/C17H27ClN2/c1-17(2,3)19-11-14-8-9-15(18)10-16(14)20(4)12-13-6-5-7-13/h8-10,13,19H,5-7,11-12H2,1-4H3. The van der Waals surface area contributed by atoms with Crippen LogP contribution in [0.15, 0.2) is 18.2 Å². The van der Waals surface area contributed by atoms with E-state index in [1.165, 1.54) is 30.5 Å². The third-order valence-electron chi connectivity index (χ3n) is 4.02. The zero-order valence-corrected chi connectivity index (χ0v) is 13.9. The molecule has 2 nitrogen and oxygen atoms in total. The summed E-state index contributed by atoms with van der Waals surface area (Å²) in [6, 6.07) is 6.23. The maximum atomic E-state index is 6.19. The van der Waals surface area contributed by atoms with E-state index in [-0.39, 0.29) is 5.54 Å². The molecular formula is C17H27ClN2. The molecule has 0 unspecified atom stereocenters. The highest BCUT2D eigenvalue weighted by Gasteiger charge is 2.20. The van der Waals surface area contributed by atoms with Crippen LogP contribution in [0.4, 0.5) is 5.69 Å². The fraction of sp³-hybridized carbons (Fsp3) is 0.647. The monoisotopic (exact) mass is 294 g/mol. The molecule has 1 aromatic carbocycles. The zero-order valence-electron chi connectivity index (χ0n) is 13.2. The number of halogens is 1. The number of nitrogens with one attached hydrogen (secondary N) is 1. The topological polar surface area (TPSA) is 15.3 Å². The Morgan fingerprint density at radius 1 is 1.30 bits per heavy atom. The van der Waals surface area contributed by atoms with Gasteiger partial charge in [-0.2, -0.15) is 0 Å². The van der Waals surface area contributed by atoms with Crippen molar-refractivity contribution in [3.8, 4) is 0 Å². The fourth-order valence-corrected chi connectivity index (χ4v) is 2.73. The summed E-state index contributed by atoms with van der Waals surface area (Å²) in [7, 11) is 2.19. The summed E-state index contributed by atoms with van der Waals surface area (Å²) in [6.45, 7) is 8.61. The number of rotatable bonds is 5. The van der Waals surface area contributed by atoms with Gasteiger partial charge in [-0.25, -0.2) is 0 Å². The molecule has 1 fully saturated rings. The molecule has 1 aliphatic rings. The molecule has 0 saturated heterocycles. The molecule has 0 aliphatic heterocycles. The Kier molecular flexibility index (Phi) is 4.98. The van der Waals surface area contributed by atoms with Gasteiger partial charge in [0.2, 0.25) is 0 Å². The van der Waals surface area contributed by atoms with Gasteiger partial charge in [-0.3, -0.25) is 0 Å². The van der Waals surface area contributed by atoms with Crippen molar-refractivity contribution in [1.29, 1.82) is 0 Å². The molecular weight excluding hydrogens is 268 g/mol. The van der Waals surface area contributed by atoms with E-state index in [1.54, 1.807) is 0 Å². The van der Waals surface area contributed by atoms with Gasteiger partial charge in [0.05, 0.1) is 0 Å². The van der Waals surface area contributed by atoms with Gasteiger partial charge in [0.15, 0.2) is 0 Å². The van der Waals surface area contributed by atoms with E-state index in [0.29, 0.717) is 0 Å². The fourth-order valence-electron chi connectivity index (χ4n) is 2.56. The minimum absolute atomic E-state index is 0.128. The van der Waals surface area contributed by atoms with Crippen LogP contribution >= 0.6 is 11.6 Å². The second-order valence-electron chi connectivity index (χ2n) is 7.05. The quantitative estimate of drug-likeness (QED) is 0.862. The highest BCUT2D eigenvalue weighted by atomic mass is 35.5. The second-order valence-corrected chi connectivity index (χ2v) is 7.49. The summed E-state index contributed by atoms with van der Waals surface area (Å²) in [4.78, 5) is 2.37. The Hall–Kier alpha value is -0.730. The molecule has 0 amide bonds. The molecule has 1 N–H and O–H groups in total. The van der Waals surface area contributed by atoms with Crippen LogP contribution in [0, 0.1) is 5.92 Å². The molecule has 1 aliphatic carbocycles. The number of benzene rings is 1. The molecule has 112 valence electrons. The molecule has 0 aromatic heterocycles. The zero-order chi connectivity index (χ0) is 14.8. The van der Waals surface area contributed by atoms with Gasteiger partial charge in [-0.05, 0) is 57.2 Å². The lowest BCUT2D eigenvalue weighted by Crippen LogP contribution is -2.36.